The maximum Gasteiger partial charge on any atom is 0.408 e. The summed E-state index contributed by atoms with van der Waals surface area (Å²) in [7, 11) is 0. The van der Waals surface area contributed by atoms with Gasteiger partial charge in [0, 0.05) is 0 Å². The summed E-state index contributed by atoms with van der Waals surface area (Å²) in [5.41, 5.74) is 0.174. The van der Waals surface area contributed by atoms with Crippen molar-refractivity contribution >= 4 is 29.8 Å². The number of nitrogens with one attached hydrogen (secondary N) is 1. The number of carbonyl (C=O) groups excluding carboxylic acids is 5. The Morgan fingerprint density at radius 2 is 1.49 bits per heavy atom. The first kappa shape index (κ1) is 25.4. The van der Waals surface area contributed by atoms with Gasteiger partial charge in [0.1, 0.15) is 18.2 Å². The molecule has 1 aliphatic heterocycles. The molecule has 0 fully saturated rings. The summed E-state index contributed by atoms with van der Waals surface area (Å²) in [6.07, 6.45) is -1.48. The highest BCUT2D eigenvalue weighted by Gasteiger charge is 2.38. The molecule has 0 bridgehead atoms. The van der Waals surface area contributed by atoms with Crippen LogP contribution in [0.25, 0.3) is 0 Å². The molecule has 0 aliphatic carbocycles. The van der Waals surface area contributed by atoms with E-state index in [4.69, 9.17) is 14.3 Å². The van der Waals surface area contributed by atoms with E-state index in [1.807, 2.05) is 6.07 Å². The molecular formula is C25H26N2O8. The van der Waals surface area contributed by atoms with Crippen molar-refractivity contribution in [2.45, 2.75) is 51.9 Å². The molecule has 35 heavy (non-hydrogen) atoms. The number of hydrogen-bond acceptors (Lipinski definition) is 8. The standard InChI is InChI=1S/C25H26N2O8/c1-25(2,3)34-24(32)26-19(23(31)33-15-16-9-5-4-6-10-16)13-14-20(28)35-27-21(29)17-11-7-8-12-18(17)22(27)30/h4-12,19H,13-15H2,1-3H3,(H,26,32)/t19-/m0/s1. The van der Waals surface area contributed by atoms with Crippen LogP contribution in [0.4, 0.5) is 4.79 Å². The van der Waals surface area contributed by atoms with E-state index in [0.717, 1.165) is 5.56 Å². The third-order valence-electron chi connectivity index (χ3n) is 4.79. The van der Waals surface area contributed by atoms with E-state index in [0.29, 0.717) is 5.06 Å². The SMILES string of the molecule is CC(C)(C)OC(=O)N[C@@H](CCC(=O)ON1C(=O)c2ccccc2C1=O)C(=O)OCc1ccccc1. The van der Waals surface area contributed by atoms with Crippen LogP contribution in [0.15, 0.2) is 54.6 Å². The Kier molecular flexibility index (Phi) is 7.85. The maximum absolute atomic E-state index is 12.7. The molecule has 3 rings (SSSR count). The van der Waals surface area contributed by atoms with Gasteiger partial charge < -0.3 is 19.6 Å². The lowest BCUT2D eigenvalue weighted by Crippen LogP contribution is -2.44. The normalized spacial score (nSPS) is 13.6. The van der Waals surface area contributed by atoms with Crippen molar-refractivity contribution in [3.63, 3.8) is 0 Å². The van der Waals surface area contributed by atoms with Crippen LogP contribution in [0.3, 0.4) is 0 Å². The number of ether oxygens (including phenoxy) is 2. The van der Waals surface area contributed by atoms with Crippen LogP contribution in [-0.2, 0) is 30.5 Å². The number of carbonyl (C=O) groups is 5. The molecule has 10 heteroatoms. The van der Waals surface area contributed by atoms with E-state index in [-0.39, 0.29) is 24.2 Å². The Morgan fingerprint density at radius 3 is 2.06 bits per heavy atom. The van der Waals surface area contributed by atoms with Crippen LogP contribution >= 0.6 is 0 Å². The number of rotatable bonds is 8. The van der Waals surface area contributed by atoms with Crippen molar-refractivity contribution in [2.75, 3.05) is 0 Å². The Morgan fingerprint density at radius 1 is 0.914 bits per heavy atom. The molecule has 2 aromatic rings. The van der Waals surface area contributed by atoms with E-state index in [1.165, 1.54) is 12.1 Å². The molecule has 1 aliphatic rings. The largest absolute Gasteiger partial charge is 0.459 e. The molecule has 0 unspecified atom stereocenters. The number of esters is 1. The molecule has 184 valence electrons. The second kappa shape index (κ2) is 10.8. The van der Waals surface area contributed by atoms with Crippen LogP contribution in [0.5, 0.6) is 0 Å². The van der Waals surface area contributed by atoms with Gasteiger partial charge in [-0.15, -0.1) is 0 Å². The first-order valence-corrected chi connectivity index (χ1v) is 10.9. The maximum atomic E-state index is 12.7. The molecule has 1 heterocycles. The lowest BCUT2D eigenvalue weighted by Gasteiger charge is -2.23. The molecule has 0 aromatic heterocycles. The van der Waals surface area contributed by atoms with Crippen LogP contribution in [0.2, 0.25) is 0 Å². The fraction of sp³-hybridized carbons (Fsp3) is 0.320. The first-order valence-electron chi connectivity index (χ1n) is 10.9. The number of benzene rings is 2. The average Bonchev–Trinajstić information content (AvgIpc) is 3.04. The Labute approximate surface area is 202 Å². The van der Waals surface area contributed by atoms with Gasteiger partial charge in [-0.2, -0.15) is 0 Å². The minimum Gasteiger partial charge on any atom is -0.459 e. The number of hydroxylamine groups is 2. The minimum atomic E-state index is -1.23. The summed E-state index contributed by atoms with van der Waals surface area (Å²) in [5.74, 6) is -3.24. The Balaban J connectivity index is 1.61. The summed E-state index contributed by atoms with van der Waals surface area (Å²) < 4.78 is 10.5. The molecule has 0 spiro atoms. The van der Waals surface area contributed by atoms with Gasteiger partial charge in [-0.3, -0.25) is 9.59 Å². The summed E-state index contributed by atoms with van der Waals surface area (Å²) in [6, 6.07) is 13.8. The molecule has 0 saturated heterocycles. The zero-order chi connectivity index (χ0) is 25.6. The number of alkyl carbamates (subject to hydrolysis) is 1. The van der Waals surface area contributed by atoms with E-state index >= 15 is 0 Å². The zero-order valence-corrected chi connectivity index (χ0v) is 19.6. The van der Waals surface area contributed by atoms with Crippen LogP contribution in [0, 0.1) is 0 Å². The molecule has 10 nitrogen and oxygen atoms in total. The topological polar surface area (TPSA) is 128 Å². The van der Waals surface area contributed by atoms with Crippen molar-refractivity contribution in [3.05, 3.63) is 71.3 Å². The Bertz CT molecular complexity index is 1090. The van der Waals surface area contributed by atoms with Crippen LogP contribution in [-0.4, -0.2) is 46.6 Å². The molecule has 2 aromatic carbocycles. The molecular weight excluding hydrogens is 456 g/mol. The summed E-state index contributed by atoms with van der Waals surface area (Å²) in [5, 5.41) is 2.79. The summed E-state index contributed by atoms with van der Waals surface area (Å²) in [6.45, 7) is 4.95. The van der Waals surface area contributed by atoms with Gasteiger partial charge in [-0.05, 0) is 44.9 Å². The van der Waals surface area contributed by atoms with Gasteiger partial charge in [-0.25, -0.2) is 14.4 Å². The van der Waals surface area contributed by atoms with Gasteiger partial charge in [-0.1, -0.05) is 47.5 Å². The van der Waals surface area contributed by atoms with Gasteiger partial charge in [0.25, 0.3) is 11.8 Å². The quantitative estimate of drug-likeness (QED) is 0.449. The zero-order valence-electron chi connectivity index (χ0n) is 19.6. The van der Waals surface area contributed by atoms with Crippen molar-refractivity contribution in [3.8, 4) is 0 Å². The second-order valence-corrected chi connectivity index (χ2v) is 8.74. The molecule has 3 amide bonds. The van der Waals surface area contributed by atoms with Crippen molar-refractivity contribution in [1.82, 2.24) is 10.4 Å². The van der Waals surface area contributed by atoms with Crippen molar-refractivity contribution in [1.29, 1.82) is 0 Å². The van der Waals surface area contributed by atoms with Crippen molar-refractivity contribution < 1.29 is 38.3 Å². The molecule has 1 atom stereocenters. The lowest BCUT2D eigenvalue weighted by molar-refractivity contribution is -0.169. The lowest BCUT2D eigenvalue weighted by atomic mass is 10.1. The first-order chi connectivity index (χ1) is 16.5. The van der Waals surface area contributed by atoms with Crippen LogP contribution in [0.1, 0.15) is 59.9 Å². The van der Waals surface area contributed by atoms with E-state index in [2.05, 4.69) is 5.32 Å². The number of amides is 3. The number of imide groups is 1. The highest BCUT2D eigenvalue weighted by molar-refractivity contribution is 6.20. The number of fused-ring (bicyclic) bond motifs is 1. The van der Waals surface area contributed by atoms with Gasteiger partial charge in [0.05, 0.1) is 17.5 Å². The summed E-state index contributed by atoms with van der Waals surface area (Å²) in [4.78, 5) is 67.0. The predicted octanol–water partition coefficient (Wildman–Crippen LogP) is 3.16. The van der Waals surface area contributed by atoms with Crippen molar-refractivity contribution in [2.24, 2.45) is 0 Å². The molecule has 1 N–H and O–H groups in total. The smallest absolute Gasteiger partial charge is 0.408 e. The summed E-state index contributed by atoms with van der Waals surface area (Å²) >= 11 is 0. The molecule has 0 radical (unpaired) electrons. The van der Waals surface area contributed by atoms with E-state index in [1.54, 1.807) is 57.2 Å². The number of nitrogens with zero attached hydrogens (tertiary/aromatic N) is 1. The minimum absolute atomic E-state index is 0.0361. The highest BCUT2D eigenvalue weighted by atomic mass is 16.7. The highest BCUT2D eigenvalue weighted by Crippen LogP contribution is 2.23. The van der Waals surface area contributed by atoms with Gasteiger partial charge in [0.15, 0.2) is 0 Å². The fourth-order valence-corrected chi connectivity index (χ4v) is 3.19. The Hall–Kier alpha value is -4.21. The third-order valence-corrected chi connectivity index (χ3v) is 4.79. The number of hydrogen-bond donors (Lipinski definition) is 1. The second-order valence-electron chi connectivity index (χ2n) is 8.74. The van der Waals surface area contributed by atoms with Gasteiger partial charge >= 0.3 is 18.0 Å². The van der Waals surface area contributed by atoms with Crippen LogP contribution < -0.4 is 5.32 Å². The average molecular weight is 482 g/mol. The van der Waals surface area contributed by atoms with E-state index in [9.17, 15) is 24.0 Å². The van der Waals surface area contributed by atoms with E-state index < -0.39 is 47.9 Å². The monoisotopic (exact) mass is 482 g/mol. The fourth-order valence-electron chi connectivity index (χ4n) is 3.19. The predicted molar refractivity (Wildman–Crippen MR) is 122 cm³/mol. The molecule has 0 saturated carbocycles. The third kappa shape index (κ3) is 6.89. The van der Waals surface area contributed by atoms with Gasteiger partial charge in [0.2, 0.25) is 0 Å².